The van der Waals surface area contributed by atoms with E-state index in [4.69, 9.17) is 0 Å². The van der Waals surface area contributed by atoms with Crippen molar-refractivity contribution < 1.29 is 4.79 Å². The first-order valence-corrected chi connectivity index (χ1v) is 8.61. The van der Waals surface area contributed by atoms with Gasteiger partial charge >= 0.3 is 0 Å². The summed E-state index contributed by atoms with van der Waals surface area (Å²) in [6.45, 7) is 6.11. The first kappa shape index (κ1) is 17.0. The zero-order valence-electron chi connectivity index (χ0n) is 14.8. The first-order chi connectivity index (χ1) is 12.1. The molecule has 2 aromatic carbocycles. The van der Waals surface area contributed by atoms with Gasteiger partial charge in [-0.1, -0.05) is 43.3 Å². The van der Waals surface area contributed by atoms with Gasteiger partial charge in [0.15, 0.2) is 0 Å². The summed E-state index contributed by atoms with van der Waals surface area (Å²) < 4.78 is 0. The minimum absolute atomic E-state index is 0.0687. The summed E-state index contributed by atoms with van der Waals surface area (Å²) in [5, 5.41) is 7.24. The first-order valence-electron chi connectivity index (χ1n) is 8.61. The second kappa shape index (κ2) is 7.34. The van der Waals surface area contributed by atoms with Crippen LogP contribution in [0.2, 0.25) is 0 Å². The molecule has 0 aliphatic carbocycles. The maximum absolute atomic E-state index is 12.7. The highest BCUT2D eigenvalue weighted by Crippen LogP contribution is 2.24. The van der Waals surface area contributed by atoms with Crippen LogP contribution in [0.4, 0.5) is 11.5 Å². The zero-order valence-corrected chi connectivity index (χ0v) is 14.8. The Balaban J connectivity index is 2.03. The fraction of sp³-hybridized carbons (Fsp3) is 0.238. The van der Waals surface area contributed by atoms with Gasteiger partial charge in [-0.15, -0.1) is 0 Å². The van der Waals surface area contributed by atoms with Crippen molar-refractivity contribution in [1.29, 1.82) is 0 Å². The van der Waals surface area contributed by atoms with E-state index in [0.29, 0.717) is 11.4 Å². The number of amides is 1. The Hall–Kier alpha value is -2.88. The van der Waals surface area contributed by atoms with Crippen molar-refractivity contribution in [2.24, 2.45) is 0 Å². The van der Waals surface area contributed by atoms with Gasteiger partial charge in [0.2, 0.25) is 0 Å². The van der Waals surface area contributed by atoms with Crippen LogP contribution in [0.1, 0.15) is 36.2 Å². The molecule has 3 rings (SSSR count). The normalized spacial score (nSPS) is 12.0. The number of carbonyl (C=O) groups is 1. The molecule has 1 amide bonds. The van der Waals surface area contributed by atoms with E-state index in [1.807, 2.05) is 68.4 Å². The number of carbonyl (C=O) groups excluding carboxylic acids is 1. The van der Waals surface area contributed by atoms with E-state index >= 15 is 0 Å². The Bertz CT molecular complexity index is 905. The number of hydrogen-bond acceptors (Lipinski definition) is 3. The van der Waals surface area contributed by atoms with Crippen LogP contribution in [0.3, 0.4) is 0 Å². The van der Waals surface area contributed by atoms with E-state index in [2.05, 4.69) is 22.5 Å². The number of aromatic nitrogens is 1. The molecule has 3 aromatic rings. The summed E-state index contributed by atoms with van der Waals surface area (Å²) in [7, 11) is 0. The molecule has 4 nitrogen and oxygen atoms in total. The summed E-state index contributed by atoms with van der Waals surface area (Å²) in [6.07, 6.45) is 0.892. The number of hydrogen-bond donors (Lipinski definition) is 2. The maximum atomic E-state index is 12.7. The third kappa shape index (κ3) is 3.79. The molecule has 0 unspecified atom stereocenters. The van der Waals surface area contributed by atoms with Crippen molar-refractivity contribution in [3.8, 4) is 0 Å². The van der Waals surface area contributed by atoms with Crippen molar-refractivity contribution in [3.63, 3.8) is 0 Å². The molecule has 0 bridgehead atoms. The van der Waals surface area contributed by atoms with Gasteiger partial charge in [-0.2, -0.15) is 0 Å². The van der Waals surface area contributed by atoms with Crippen molar-refractivity contribution in [2.45, 2.75) is 33.2 Å². The molecule has 1 aromatic heterocycles. The predicted octanol–water partition coefficient (Wildman–Crippen LogP) is 4.82. The van der Waals surface area contributed by atoms with Crippen LogP contribution in [-0.2, 0) is 0 Å². The fourth-order valence-electron chi connectivity index (χ4n) is 2.68. The molecule has 0 aliphatic rings. The largest absolute Gasteiger partial charge is 0.350 e. The zero-order chi connectivity index (χ0) is 17.8. The van der Waals surface area contributed by atoms with Crippen LogP contribution < -0.4 is 10.6 Å². The molecular weight excluding hydrogens is 310 g/mol. The molecule has 0 spiro atoms. The van der Waals surface area contributed by atoms with E-state index in [9.17, 15) is 4.79 Å². The smallest absolute Gasteiger partial charge is 0.252 e. The molecule has 0 aliphatic heterocycles. The molecule has 0 saturated carbocycles. The quantitative estimate of drug-likeness (QED) is 0.704. The van der Waals surface area contributed by atoms with Crippen LogP contribution in [-0.4, -0.2) is 16.9 Å². The number of pyridine rings is 1. The van der Waals surface area contributed by atoms with Gasteiger partial charge in [-0.3, -0.25) is 4.79 Å². The molecule has 0 radical (unpaired) electrons. The number of nitrogens with one attached hydrogen (secondary N) is 2. The maximum Gasteiger partial charge on any atom is 0.252 e. The molecule has 4 heteroatoms. The minimum atomic E-state index is -0.0687. The van der Waals surface area contributed by atoms with E-state index in [0.717, 1.165) is 28.6 Å². The van der Waals surface area contributed by atoms with Gasteiger partial charge in [0, 0.05) is 17.1 Å². The number of fused-ring (bicyclic) bond motifs is 1. The molecule has 1 atom stereocenters. The number of rotatable bonds is 5. The molecule has 0 fully saturated rings. The second-order valence-corrected chi connectivity index (χ2v) is 6.29. The summed E-state index contributed by atoms with van der Waals surface area (Å²) in [5.74, 6) is 0.600. The lowest BCUT2D eigenvalue weighted by Gasteiger charge is -2.15. The Morgan fingerprint density at radius 2 is 1.84 bits per heavy atom. The predicted molar refractivity (Wildman–Crippen MR) is 103 cm³/mol. The highest BCUT2D eigenvalue weighted by Gasteiger charge is 2.14. The number of anilines is 2. The Morgan fingerprint density at radius 1 is 1.12 bits per heavy atom. The number of benzene rings is 2. The van der Waals surface area contributed by atoms with Crippen molar-refractivity contribution in [1.82, 2.24) is 10.3 Å². The highest BCUT2D eigenvalue weighted by atomic mass is 16.1. The van der Waals surface area contributed by atoms with Crippen molar-refractivity contribution in [3.05, 3.63) is 65.7 Å². The van der Waals surface area contributed by atoms with Crippen LogP contribution in [0.15, 0.2) is 54.6 Å². The van der Waals surface area contributed by atoms with E-state index in [1.54, 1.807) is 0 Å². The van der Waals surface area contributed by atoms with E-state index in [-0.39, 0.29) is 11.9 Å². The number of para-hydroxylation sites is 2. The Labute approximate surface area is 148 Å². The van der Waals surface area contributed by atoms with Gasteiger partial charge in [0.1, 0.15) is 5.82 Å². The third-order valence-corrected chi connectivity index (χ3v) is 4.36. The summed E-state index contributed by atoms with van der Waals surface area (Å²) >= 11 is 0. The molecular formula is C21H23N3O. The molecule has 2 N–H and O–H groups in total. The summed E-state index contributed by atoms with van der Waals surface area (Å²) in [5.41, 5.74) is 3.55. The van der Waals surface area contributed by atoms with Crippen LogP contribution >= 0.6 is 0 Å². The van der Waals surface area contributed by atoms with Gasteiger partial charge in [0.05, 0.1) is 11.1 Å². The monoisotopic (exact) mass is 333 g/mol. The second-order valence-electron chi connectivity index (χ2n) is 6.29. The van der Waals surface area contributed by atoms with Crippen molar-refractivity contribution in [2.75, 3.05) is 5.32 Å². The molecule has 0 saturated heterocycles. The van der Waals surface area contributed by atoms with E-state index in [1.165, 1.54) is 0 Å². The SMILES string of the molecule is CC[C@H](C)NC(=O)c1cc(Nc2ccccc2C)nc2ccccc12. The van der Waals surface area contributed by atoms with Crippen LogP contribution in [0.25, 0.3) is 10.9 Å². The molecule has 25 heavy (non-hydrogen) atoms. The topological polar surface area (TPSA) is 54.0 Å². The van der Waals surface area contributed by atoms with Crippen LogP contribution in [0, 0.1) is 6.92 Å². The number of aryl methyl sites for hydroxylation is 1. The fourth-order valence-corrected chi connectivity index (χ4v) is 2.68. The minimum Gasteiger partial charge on any atom is -0.350 e. The summed E-state index contributed by atoms with van der Waals surface area (Å²) in [6, 6.07) is 17.7. The van der Waals surface area contributed by atoms with Crippen LogP contribution in [0.5, 0.6) is 0 Å². The lowest BCUT2D eigenvalue weighted by Crippen LogP contribution is -2.32. The summed E-state index contributed by atoms with van der Waals surface area (Å²) in [4.78, 5) is 17.4. The average molecular weight is 333 g/mol. The standard InChI is InChI=1S/C21H23N3O/c1-4-15(3)22-21(25)17-13-20(23-18-11-7-5-9-14(18)2)24-19-12-8-6-10-16(17)19/h5-13,15H,4H2,1-3H3,(H,22,25)(H,23,24)/t15-/m0/s1. The lowest BCUT2D eigenvalue weighted by atomic mass is 10.1. The average Bonchev–Trinajstić information content (AvgIpc) is 2.62. The highest BCUT2D eigenvalue weighted by molar-refractivity contribution is 6.07. The lowest BCUT2D eigenvalue weighted by molar-refractivity contribution is 0.0941. The van der Waals surface area contributed by atoms with E-state index < -0.39 is 0 Å². The number of nitrogens with zero attached hydrogens (tertiary/aromatic N) is 1. The van der Waals surface area contributed by atoms with Gasteiger partial charge < -0.3 is 10.6 Å². The Morgan fingerprint density at radius 3 is 2.60 bits per heavy atom. The Kier molecular flexibility index (Phi) is 4.98. The third-order valence-electron chi connectivity index (χ3n) is 4.36. The molecule has 1 heterocycles. The van der Waals surface area contributed by atoms with Gasteiger partial charge in [-0.05, 0) is 44.0 Å². The molecule has 128 valence electrons. The van der Waals surface area contributed by atoms with Gasteiger partial charge in [0.25, 0.3) is 5.91 Å². The van der Waals surface area contributed by atoms with Gasteiger partial charge in [-0.25, -0.2) is 4.98 Å². The van der Waals surface area contributed by atoms with Crippen molar-refractivity contribution >= 4 is 28.3 Å².